The summed E-state index contributed by atoms with van der Waals surface area (Å²) in [5.41, 5.74) is 2.10. The van der Waals surface area contributed by atoms with Crippen molar-refractivity contribution in [2.45, 2.75) is 18.8 Å². The number of pyridine rings is 1. The summed E-state index contributed by atoms with van der Waals surface area (Å²) in [4.78, 5) is 4.31. The highest BCUT2D eigenvalue weighted by atomic mass is 19.1. The zero-order chi connectivity index (χ0) is 13.0. The third-order valence-electron chi connectivity index (χ3n) is 5.01. The van der Waals surface area contributed by atoms with Crippen LogP contribution in [0.1, 0.15) is 24.3 Å². The van der Waals surface area contributed by atoms with Crippen molar-refractivity contribution in [3.8, 4) is 0 Å². The lowest BCUT2D eigenvalue weighted by atomic mass is 9.90. The van der Waals surface area contributed by atoms with Crippen LogP contribution in [-0.4, -0.2) is 16.7 Å². The second-order valence-electron chi connectivity index (χ2n) is 5.90. The molecule has 2 fully saturated rings. The molecule has 1 aromatic heterocycles. The average molecular weight is 257 g/mol. The van der Waals surface area contributed by atoms with Crippen molar-refractivity contribution in [2.75, 3.05) is 6.61 Å². The Morgan fingerprint density at radius 3 is 2.74 bits per heavy atom. The predicted molar refractivity (Wildman–Crippen MR) is 71.2 cm³/mol. The van der Waals surface area contributed by atoms with Gasteiger partial charge in [-0.1, -0.05) is 0 Å². The molecule has 0 saturated heterocycles. The molecule has 4 rings (SSSR count). The Labute approximate surface area is 111 Å². The van der Waals surface area contributed by atoms with E-state index in [9.17, 15) is 9.50 Å². The van der Waals surface area contributed by atoms with Gasteiger partial charge in [-0.05, 0) is 66.3 Å². The van der Waals surface area contributed by atoms with E-state index in [1.807, 2.05) is 12.3 Å². The lowest BCUT2D eigenvalue weighted by molar-refractivity contribution is 0.254. The topological polar surface area (TPSA) is 33.1 Å². The van der Waals surface area contributed by atoms with Gasteiger partial charge in [-0.25, -0.2) is 4.39 Å². The average Bonchev–Trinajstić information content (AvgIpc) is 2.90. The van der Waals surface area contributed by atoms with Gasteiger partial charge in [-0.2, -0.15) is 0 Å². The molecule has 2 aromatic rings. The second-order valence-corrected chi connectivity index (χ2v) is 5.90. The Morgan fingerprint density at radius 1 is 1.21 bits per heavy atom. The minimum absolute atomic E-state index is 0.196. The van der Waals surface area contributed by atoms with E-state index in [1.165, 1.54) is 11.6 Å². The fourth-order valence-corrected chi connectivity index (χ4v) is 4.00. The summed E-state index contributed by atoms with van der Waals surface area (Å²) in [6, 6.07) is 6.85. The Morgan fingerprint density at radius 2 is 2.00 bits per heavy atom. The number of aliphatic hydroxyl groups excluding tert-OH is 1. The molecule has 0 amide bonds. The summed E-state index contributed by atoms with van der Waals surface area (Å²) in [6.07, 6.45) is 4.08. The maximum absolute atomic E-state index is 13.4. The zero-order valence-corrected chi connectivity index (χ0v) is 10.6. The number of aliphatic hydroxyl groups is 1. The lowest BCUT2D eigenvalue weighted by Gasteiger charge is -2.16. The van der Waals surface area contributed by atoms with E-state index in [1.54, 1.807) is 12.1 Å². The molecule has 0 aliphatic heterocycles. The van der Waals surface area contributed by atoms with Crippen LogP contribution < -0.4 is 0 Å². The van der Waals surface area contributed by atoms with E-state index in [-0.39, 0.29) is 5.82 Å². The van der Waals surface area contributed by atoms with Crippen molar-refractivity contribution < 1.29 is 9.50 Å². The van der Waals surface area contributed by atoms with Crippen LogP contribution in [0.4, 0.5) is 4.39 Å². The summed E-state index contributed by atoms with van der Waals surface area (Å²) >= 11 is 0. The first-order chi connectivity index (χ1) is 9.28. The molecule has 0 spiro atoms. The molecule has 2 aliphatic rings. The van der Waals surface area contributed by atoms with E-state index < -0.39 is 0 Å². The zero-order valence-electron chi connectivity index (χ0n) is 10.6. The minimum atomic E-state index is -0.196. The van der Waals surface area contributed by atoms with E-state index >= 15 is 0 Å². The Kier molecular flexibility index (Phi) is 2.39. The third-order valence-corrected chi connectivity index (χ3v) is 5.01. The number of benzene rings is 1. The number of aromatic nitrogens is 1. The van der Waals surface area contributed by atoms with E-state index in [0.29, 0.717) is 30.3 Å². The highest BCUT2D eigenvalue weighted by Crippen LogP contribution is 2.62. The predicted octanol–water partition coefficient (Wildman–Crippen LogP) is 3.11. The number of halogens is 1. The molecule has 1 heterocycles. The fraction of sp³-hybridized carbons (Fsp3) is 0.438. The molecule has 0 radical (unpaired) electrons. The van der Waals surface area contributed by atoms with Crippen LogP contribution >= 0.6 is 0 Å². The number of fused-ring (bicyclic) bond motifs is 2. The van der Waals surface area contributed by atoms with Crippen molar-refractivity contribution in [1.82, 2.24) is 4.98 Å². The van der Waals surface area contributed by atoms with Crippen LogP contribution in [-0.2, 0) is 0 Å². The molecule has 2 saturated carbocycles. The van der Waals surface area contributed by atoms with Crippen LogP contribution in [0.3, 0.4) is 0 Å². The molecule has 98 valence electrons. The molecule has 2 aliphatic carbocycles. The number of nitrogens with zero attached hydrogens (tertiary/aromatic N) is 1. The summed E-state index contributed by atoms with van der Waals surface area (Å²) in [6.45, 7) is 0.327. The van der Waals surface area contributed by atoms with Crippen molar-refractivity contribution >= 4 is 10.9 Å². The van der Waals surface area contributed by atoms with Crippen LogP contribution in [0.25, 0.3) is 10.9 Å². The van der Waals surface area contributed by atoms with Crippen LogP contribution in [0.5, 0.6) is 0 Å². The molecule has 0 bridgehead atoms. The van der Waals surface area contributed by atoms with Gasteiger partial charge in [-0.3, -0.25) is 4.98 Å². The van der Waals surface area contributed by atoms with Gasteiger partial charge < -0.3 is 5.11 Å². The standard InChI is InChI=1S/C16H16FNO/c17-10-1-2-16-14(7-10)11(3-4-18-16)9-5-12-13(6-9)15(12)8-19/h1-4,7,9,12-13,15,19H,5-6,8H2. The first-order valence-corrected chi connectivity index (χ1v) is 6.93. The highest BCUT2D eigenvalue weighted by Gasteiger charge is 2.55. The molecule has 2 atom stereocenters. The largest absolute Gasteiger partial charge is 0.396 e. The minimum Gasteiger partial charge on any atom is -0.396 e. The molecular weight excluding hydrogens is 241 g/mol. The number of hydrogen-bond donors (Lipinski definition) is 1. The Balaban J connectivity index is 1.71. The van der Waals surface area contributed by atoms with Crippen molar-refractivity contribution in [1.29, 1.82) is 0 Å². The second kappa shape index (κ2) is 4.01. The highest BCUT2D eigenvalue weighted by molar-refractivity contribution is 5.82. The quantitative estimate of drug-likeness (QED) is 0.896. The Hall–Kier alpha value is -1.48. The molecule has 2 unspecified atom stereocenters. The normalized spacial score (nSPS) is 32.5. The number of hydrogen-bond acceptors (Lipinski definition) is 2. The van der Waals surface area contributed by atoms with Gasteiger partial charge in [0.2, 0.25) is 0 Å². The van der Waals surface area contributed by atoms with E-state index in [0.717, 1.165) is 23.7 Å². The summed E-state index contributed by atoms with van der Waals surface area (Å²) < 4.78 is 13.4. The van der Waals surface area contributed by atoms with Crippen molar-refractivity contribution in [3.63, 3.8) is 0 Å². The molecule has 19 heavy (non-hydrogen) atoms. The fourth-order valence-electron chi connectivity index (χ4n) is 4.00. The molecule has 3 heteroatoms. The first kappa shape index (κ1) is 11.4. The number of rotatable bonds is 2. The van der Waals surface area contributed by atoms with E-state index in [4.69, 9.17) is 0 Å². The lowest BCUT2D eigenvalue weighted by Crippen LogP contribution is -2.03. The maximum atomic E-state index is 13.4. The molecule has 2 nitrogen and oxygen atoms in total. The summed E-state index contributed by atoms with van der Waals surface area (Å²) in [7, 11) is 0. The van der Waals surface area contributed by atoms with Crippen LogP contribution in [0.2, 0.25) is 0 Å². The van der Waals surface area contributed by atoms with Gasteiger partial charge in [0.15, 0.2) is 0 Å². The van der Waals surface area contributed by atoms with Gasteiger partial charge >= 0.3 is 0 Å². The van der Waals surface area contributed by atoms with Gasteiger partial charge in [-0.15, -0.1) is 0 Å². The van der Waals surface area contributed by atoms with Crippen molar-refractivity contribution in [2.24, 2.45) is 17.8 Å². The SMILES string of the molecule is OCC1C2CC(c3ccnc4ccc(F)cc34)CC12. The molecule has 1 N–H and O–H groups in total. The van der Waals surface area contributed by atoms with Gasteiger partial charge in [0.25, 0.3) is 0 Å². The molecule has 1 aromatic carbocycles. The van der Waals surface area contributed by atoms with Gasteiger partial charge in [0, 0.05) is 18.2 Å². The first-order valence-electron chi connectivity index (χ1n) is 6.93. The molecular formula is C16H16FNO. The van der Waals surface area contributed by atoms with Crippen molar-refractivity contribution in [3.05, 3.63) is 41.8 Å². The monoisotopic (exact) mass is 257 g/mol. The Bertz CT molecular complexity index is 630. The van der Waals surface area contributed by atoms with E-state index in [2.05, 4.69) is 4.98 Å². The van der Waals surface area contributed by atoms with Gasteiger partial charge in [0.1, 0.15) is 5.82 Å². The summed E-state index contributed by atoms with van der Waals surface area (Å²) in [5, 5.41) is 10.2. The van der Waals surface area contributed by atoms with Crippen LogP contribution in [0, 0.1) is 23.6 Å². The smallest absolute Gasteiger partial charge is 0.123 e. The van der Waals surface area contributed by atoms with Crippen LogP contribution in [0.15, 0.2) is 30.5 Å². The van der Waals surface area contributed by atoms with Gasteiger partial charge in [0.05, 0.1) is 5.52 Å². The maximum Gasteiger partial charge on any atom is 0.123 e. The summed E-state index contributed by atoms with van der Waals surface area (Å²) in [5.74, 6) is 2.21. The third kappa shape index (κ3) is 1.68.